The number of nitrogens with zero attached hydrogens (tertiary/aromatic N) is 3. The number of carbonyl (C=O) groups excluding carboxylic acids is 1. The summed E-state index contributed by atoms with van der Waals surface area (Å²) in [5, 5.41) is 2.46. The van der Waals surface area contributed by atoms with E-state index < -0.39 is 0 Å². The van der Waals surface area contributed by atoms with E-state index in [1.807, 2.05) is 0 Å². The molecule has 76 valence electrons. The Balaban J connectivity index is 2.27. The maximum Gasteiger partial charge on any atom is 0.181 e. The summed E-state index contributed by atoms with van der Waals surface area (Å²) in [7, 11) is 0. The summed E-state index contributed by atoms with van der Waals surface area (Å²) in [4.78, 5) is 25.7. The summed E-state index contributed by atoms with van der Waals surface area (Å²) in [5.74, 6) is 0.0115. The molecule has 1 N–H and O–H groups in total. The average molecular weight is 220 g/mol. The molecule has 2 aromatic rings. The summed E-state index contributed by atoms with van der Waals surface area (Å²) in [5.41, 5.74) is 1.42. The molecule has 2 heterocycles. The predicted molar refractivity (Wildman–Crippen MR) is 57.4 cm³/mol. The molecule has 2 rings (SSSR count). The van der Waals surface area contributed by atoms with E-state index in [4.69, 9.17) is 0 Å². The van der Waals surface area contributed by atoms with Crippen molar-refractivity contribution in [2.75, 3.05) is 0 Å². The number of H-pyrrole nitrogens is 1. The fraction of sp³-hybridized carbons (Fsp3) is 0.111. The second-order valence-corrected chi connectivity index (χ2v) is 3.71. The van der Waals surface area contributed by atoms with Gasteiger partial charge in [0.05, 0.1) is 6.33 Å². The topological polar surface area (TPSA) is 71.5 Å². The molecule has 0 aromatic carbocycles. The minimum absolute atomic E-state index is 0.0115. The van der Waals surface area contributed by atoms with E-state index in [2.05, 4.69) is 19.9 Å². The molecule has 0 aliphatic carbocycles. The second-order valence-electron chi connectivity index (χ2n) is 2.81. The second kappa shape index (κ2) is 4.22. The molecule has 0 radical (unpaired) electrons. The van der Waals surface area contributed by atoms with Gasteiger partial charge in [-0.3, -0.25) is 4.79 Å². The highest BCUT2D eigenvalue weighted by Crippen LogP contribution is 2.22. The summed E-state index contributed by atoms with van der Waals surface area (Å²) >= 11 is 1.36. The molecule has 0 saturated carbocycles. The van der Waals surface area contributed by atoms with Crippen LogP contribution >= 0.6 is 11.8 Å². The van der Waals surface area contributed by atoms with Crippen LogP contribution in [0.25, 0.3) is 11.2 Å². The first-order chi connectivity index (χ1) is 7.27. The number of aromatic amines is 1. The Morgan fingerprint density at radius 1 is 1.47 bits per heavy atom. The highest BCUT2D eigenvalue weighted by atomic mass is 32.2. The molecule has 0 unspecified atom stereocenters. The maximum absolute atomic E-state index is 10.7. The third-order valence-corrected chi connectivity index (χ3v) is 2.48. The zero-order valence-electron chi connectivity index (χ0n) is 7.97. The van der Waals surface area contributed by atoms with Crippen LogP contribution in [-0.2, 0) is 4.79 Å². The van der Waals surface area contributed by atoms with E-state index in [-0.39, 0.29) is 5.78 Å². The molecule has 15 heavy (non-hydrogen) atoms. The first kappa shape index (κ1) is 9.85. The number of rotatable bonds is 3. The minimum Gasteiger partial charge on any atom is -0.341 e. The summed E-state index contributed by atoms with van der Waals surface area (Å²) in [6.45, 7) is 1.50. The van der Waals surface area contributed by atoms with Crippen LogP contribution in [0.3, 0.4) is 0 Å². The third kappa shape index (κ3) is 2.21. The fourth-order valence-corrected chi connectivity index (χ4v) is 1.79. The van der Waals surface area contributed by atoms with Crippen molar-refractivity contribution in [2.45, 2.75) is 11.9 Å². The van der Waals surface area contributed by atoms with Crippen molar-refractivity contribution in [3.8, 4) is 0 Å². The lowest BCUT2D eigenvalue weighted by atomic mass is 10.5. The Kier molecular flexibility index (Phi) is 2.77. The van der Waals surface area contributed by atoms with Crippen LogP contribution in [0, 0.1) is 0 Å². The number of hydrogen-bond donors (Lipinski definition) is 1. The van der Waals surface area contributed by atoms with E-state index in [0.29, 0.717) is 5.65 Å². The van der Waals surface area contributed by atoms with Crippen molar-refractivity contribution < 1.29 is 4.79 Å². The fourth-order valence-electron chi connectivity index (χ4n) is 1.03. The highest BCUT2D eigenvalue weighted by molar-refractivity contribution is 8.02. The first-order valence-electron chi connectivity index (χ1n) is 4.25. The lowest BCUT2D eigenvalue weighted by Crippen LogP contribution is -1.84. The van der Waals surface area contributed by atoms with Crippen LogP contribution < -0.4 is 0 Å². The molecule has 0 spiro atoms. The van der Waals surface area contributed by atoms with Crippen LogP contribution in [0.4, 0.5) is 0 Å². The Morgan fingerprint density at radius 2 is 2.33 bits per heavy atom. The van der Waals surface area contributed by atoms with Crippen LogP contribution in [0.1, 0.15) is 6.92 Å². The number of hydrogen-bond acceptors (Lipinski definition) is 5. The molecule has 0 atom stereocenters. The van der Waals surface area contributed by atoms with E-state index in [1.54, 1.807) is 11.7 Å². The van der Waals surface area contributed by atoms with Gasteiger partial charge in [0, 0.05) is 0 Å². The van der Waals surface area contributed by atoms with Crippen LogP contribution in [-0.4, -0.2) is 25.7 Å². The molecule has 0 amide bonds. The maximum atomic E-state index is 10.7. The van der Waals surface area contributed by atoms with Gasteiger partial charge in [-0.05, 0) is 18.4 Å². The number of allylic oxidation sites excluding steroid dienone is 1. The third-order valence-electron chi connectivity index (χ3n) is 1.67. The van der Waals surface area contributed by atoms with Crippen molar-refractivity contribution in [2.24, 2.45) is 0 Å². The van der Waals surface area contributed by atoms with Crippen molar-refractivity contribution in [3.05, 3.63) is 24.1 Å². The van der Waals surface area contributed by atoms with Crippen molar-refractivity contribution >= 4 is 28.7 Å². The SMILES string of the molecule is CC(=O)/C=C\Sc1ncnc2nc[nH]c12. The van der Waals surface area contributed by atoms with Crippen molar-refractivity contribution in [3.63, 3.8) is 0 Å². The van der Waals surface area contributed by atoms with Crippen LogP contribution in [0.2, 0.25) is 0 Å². The van der Waals surface area contributed by atoms with E-state index in [1.165, 1.54) is 31.1 Å². The molecule has 0 fully saturated rings. The van der Waals surface area contributed by atoms with Crippen LogP contribution in [0.5, 0.6) is 0 Å². The zero-order valence-corrected chi connectivity index (χ0v) is 8.78. The van der Waals surface area contributed by atoms with Gasteiger partial charge < -0.3 is 4.98 Å². The minimum atomic E-state index is 0.0115. The van der Waals surface area contributed by atoms with E-state index in [9.17, 15) is 4.79 Å². The number of thioether (sulfide) groups is 1. The number of imidazole rings is 1. The van der Waals surface area contributed by atoms with Gasteiger partial charge in [0.2, 0.25) is 0 Å². The van der Waals surface area contributed by atoms with E-state index >= 15 is 0 Å². The lowest BCUT2D eigenvalue weighted by molar-refractivity contribution is -0.112. The summed E-state index contributed by atoms with van der Waals surface area (Å²) in [6.07, 6.45) is 4.51. The van der Waals surface area contributed by atoms with Gasteiger partial charge >= 0.3 is 0 Å². The number of fused-ring (bicyclic) bond motifs is 1. The molecule has 6 heteroatoms. The molecule has 0 aliphatic heterocycles. The summed E-state index contributed by atoms with van der Waals surface area (Å²) in [6, 6.07) is 0. The molecule has 2 aromatic heterocycles. The van der Waals surface area contributed by atoms with Crippen LogP contribution in [0.15, 0.2) is 29.2 Å². The summed E-state index contributed by atoms with van der Waals surface area (Å²) < 4.78 is 0. The standard InChI is InChI=1S/C9H8N4OS/c1-6(14)2-3-15-9-7-8(11-4-10-7)12-5-13-9/h2-5H,1H3,(H,10,11,12,13)/b3-2-. The van der Waals surface area contributed by atoms with Gasteiger partial charge in [0.15, 0.2) is 11.4 Å². The number of ketones is 1. The van der Waals surface area contributed by atoms with Gasteiger partial charge in [-0.2, -0.15) is 0 Å². The molecule has 0 saturated heterocycles. The van der Waals surface area contributed by atoms with Crippen molar-refractivity contribution in [1.29, 1.82) is 0 Å². The molecule has 0 aliphatic rings. The monoisotopic (exact) mass is 220 g/mol. The Labute approximate surface area is 90.0 Å². The highest BCUT2D eigenvalue weighted by Gasteiger charge is 2.03. The van der Waals surface area contributed by atoms with E-state index in [0.717, 1.165) is 10.5 Å². The van der Waals surface area contributed by atoms with Gasteiger partial charge in [-0.1, -0.05) is 11.8 Å². The zero-order chi connectivity index (χ0) is 10.7. The van der Waals surface area contributed by atoms with Gasteiger partial charge in [0.25, 0.3) is 0 Å². The normalized spacial score (nSPS) is 11.3. The predicted octanol–water partition coefficient (Wildman–Crippen LogP) is 1.55. The first-order valence-corrected chi connectivity index (χ1v) is 5.13. The largest absolute Gasteiger partial charge is 0.341 e. The quantitative estimate of drug-likeness (QED) is 0.482. The van der Waals surface area contributed by atoms with Gasteiger partial charge in [0.1, 0.15) is 16.9 Å². The Hall–Kier alpha value is -1.69. The molecular formula is C9H8N4OS. The number of aromatic nitrogens is 4. The molecular weight excluding hydrogens is 212 g/mol. The Bertz CT molecular complexity index is 520. The Morgan fingerprint density at radius 3 is 3.13 bits per heavy atom. The number of carbonyl (C=O) groups is 1. The van der Waals surface area contributed by atoms with Crippen molar-refractivity contribution in [1.82, 2.24) is 19.9 Å². The van der Waals surface area contributed by atoms with Gasteiger partial charge in [-0.25, -0.2) is 15.0 Å². The van der Waals surface area contributed by atoms with Gasteiger partial charge in [-0.15, -0.1) is 0 Å². The smallest absolute Gasteiger partial charge is 0.181 e. The molecule has 0 bridgehead atoms. The lowest BCUT2D eigenvalue weighted by Gasteiger charge is -1.94. The number of nitrogens with one attached hydrogen (secondary N) is 1. The average Bonchev–Trinajstić information content (AvgIpc) is 2.65. The molecule has 5 nitrogen and oxygen atoms in total.